The number of carbonyl (C=O) groups excluding carboxylic acids is 1. The normalized spacial score (nSPS) is 22.1. The van der Waals surface area contributed by atoms with E-state index in [1.165, 1.54) is 0 Å². The summed E-state index contributed by atoms with van der Waals surface area (Å²) < 4.78 is 30.1. The average molecular weight is 248 g/mol. The molecule has 0 aromatic carbocycles. The highest BCUT2D eigenvalue weighted by Gasteiger charge is 2.33. The molecule has 16 heavy (non-hydrogen) atoms. The van der Waals surface area contributed by atoms with Crippen LogP contribution in [0.5, 0.6) is 0 Å². The maximum Gasteiger partial charge on any atom is 0.421 e. The fraction of sp³-hybridized carbons (Fsp3) is 0.714. The first-order valence-corrected chi connectivity index (χ1v) is 5.93. The predicted molar refractivity (Wildman–Crippen MR) is 53.4 cm³/mol. The third-order valence-corrected chi connectivity index (χ3v) is 3.53. The Kier molecular flexibility index (Phi) is 4.05. The number of amides is 1. The molecule has 1 amide bonds. The van der Waals surface area contributed by atoms with Gasteiger partial charge in [0.05, 0.1) is 13.2 Å². The summed E-state index contributed by atoms with van der Waals surface area (Å²) in [7, 11) is -2.95. The Labute approximate surface area is 93.3 Å². The fourth-order valence-electron chi connectivity index (χ4n) is 1.29. The van der Waals surface area contributed by atoms with E-state index in [1.54, 1.807) is 4.72 Å². The number of rotatable bonds is 2. The smallest absolute Gasteiger partial charge is 0.421 e. The number of nitriles is 1. The molecule has 0 aliphatic carbocycles. The quantitative estimate of drug-likeness (QED) is 0.607. The van der Waals surface area contributed by atoms with Gasteiger partial charge in [-0.15, -0.1) is 0 Å². The van der Waals surface area contributed by atoms with E-state index in [9.17, 15) is 13.2 Å². The Morgan fingerprint density at radius 2 is 2.38 bits per heavy atom. The maximum atomic E-state index is 11.7. The van der Waals surface area contributed by atoms with E-state index < -0.39 is 22.3 Å². The van der Waals surface area contributed by atoms with Crippen molar-refractivity contribution in [2.45, 2.75) is 6.04 Å². The summed E-state index contributed by atoms with van der Waals surface area (Å²) in [6.07, 6.45) is -1.07. The SMILES string of the molecule is COC(=O)NS(=O)(=O)N1CCNCC1C#N. The Balaban J connectivity index is 2.81. The van der Waals surface area contributed by atoms with Crippen LogP contribution in [0.4, 0.5) is 4.79 Å². The summed E-state index contributed by atoms with van der Waals surface area (Å²) in [6, 6.07) is 1.02. The van der Waals surface area contributed by atoms with E-state index >= 15 is 0 Å². The van der Waals surface area contributed by atoms with Crippen molar-refractivity contribution in [3.8, 4) is 6.07 Å². The molecule has 0 radical (unpaired) electrons. The summed E-state index contributed by atoms with van der Waals surface area (Å²) in [6.45, 7) is 0.795. The van der Waals surface area contributed by atoms with Crippen LogP contribution in [0.2, 0.25) is 0 Å². The van der Waals surface area contributed by atoms with Gasteiger partial charge in [-0.2, -0.15) is 18.0 Å². The number of hydrogen-bond donors (Lipinski definition) is 2. The average Bonchev–Trinajstić information content (AvgIpc) is 2.28. The summed E-state index contributed by atoms with van der Waals surface area (Å²) in [5.74, 6) is 0. The Bertz CT molecular complexity index is 401. The number of nitrogens with one attached hydrogen (secondary N) is 2. The van der Waals surface area contributed by atoms with E-state index in [-0.39, 0.29) is 13.1 Å². The lowest BCUT2D eigenvalue weighted by molar-refractivity contribution is 0.176. The summed E-state index contributed by atoms with van der Waals surface area (Å²) in [5.41, 5.74) is 0. The predicted octanol–water partition coefficient (Wildman–Crippen LogP) is -1.62. The van der Waals surface area contributed by atoms with Crippen molar-refractivity contribution < 1.29 is 17.9 Å². The lowest BCUT2D eigenvalue weighted by atomic mass is 10.3. The minimum absolute atomic E-state index is 0.130. The zero-order valence-electron chi connectivity index (χ0n) is 8.63. The minimum Gasteiger partial charge on any atom is -0.452 e. The molecule has 1 atom stereocenters. The van der Waals surface area contributed by atoms with Gasteiger partial charge in [-0.1, -0.05) is 0 Å². The maximum absolute atomic E-state index is 11.7. The highest BCUT2D eigenvalue weighted by Crippen LogP contribution is 2.07. The number of hydrogen-bond acceptors (Lipinski definition) is 6. The van der Waals surface area contributed by atoms with E-state index in [0.29, 0.717) is 6.54 Å². The standard InChI is InChI=1S/C7H12N4O4S/c1-15-7(12)10-16(13,14)11-3-2-9-5-6(11)4-8/h6,9H,2-3,5H2,1H3,(H,10,12). The lowest BCUT2D eigenvalue weighted by Crippen LogP contribution is -2.56. The molecule has 9 heteroatoms. The van der Waals surface area contributed by atoms with Crippen LogP contribution in [0.15, 0.2) is 0 Å². The van der Waals surface area contributed by atoms with Crippen LogP contribution >= 0.6 is 0 Å². The van der Waals surface area contributed by atoms with Gasteiger partial charge in [0.15, 0.2) is 0 Å². The molecule has 0 aromatic heterocycles. The van der Waals surface area contributed by atoms with Crippen molar-refractivity contribution in [2.75, 3.05) is 26.7 Å². The first-order valence-electron chi connectivity index (χ1n) is 4.49. The number of methoxy groups -OCH3 is 1. The van der Waals surface area contributed by atoms with Crippen molar-refractivity contribution in [1.29, 1.82) is 5.26 Å². The van der Waals surface area contributed by atoms with Gasteiger partial charge in [0.25, 0.3) is 0 Å². The molecule has 2 N–H and O–H groups in total. The molecule has 1 heterocycles. The second kappa shape index (κ2) is 5.11. The van der Waals surface area contributed by atoms with E-state index in [0.717, 1.165) is 11.4 Å². The molecule has 0 bridgehead atoms. The monoisotopic (exact) mass is 248 g/mol. The first-order chi connectivity index (χ1) is 7.51. The van der Waals surface area contributed by atoms with Gasteiger partial charge < -0.3 is 10.1 Å². The van der Waals surface area contributed by atoms with Gasteiger partial charge in [-0.3, -0.25) is 0 Å². The van der Waals surface area contributed by atoms with E-state index in [1.807, 2.05) is 6.07 Å². The Morgan fingerprint density at radius 1 is 1.69 bits per heavy atom. The third kappa shape index (κ3) is 2.82. The van der Waals surface area contributed by atoms with Crippen LogP contribution in [0, 0.1) is 11.3 Å². The number of ether oxygens (including phenoxy) is 1. The van der Waals surface area contributed by atoms with Gasteiger partial charge in [0.1, 0.15) is 6.04 Å². The topological polar surface area (TPSA) is 112 Å². The van der Waals surface area contributed by atoms with Crippen molar-refractivity contribution in [3.05, 3.63) is 0 Å². The second-order valence-corrected chi connectivity index (χ2v) is 4.68. The minimum atomic E-state index is -4.01. The highest BCUT2D eigenvalue weighted by molar-refractivity contribution is 7.87. The molecule has 1 saturated heterocycles. The molecule has 1 aliphatic heterocycles. The Morgan fingerprint density at radius 3 is 2.94 bits per heavy atom. The molecular weight excluding hydrogens is 236 g/mol. The fourth-order valence-corrected chi connectivity index (χ4v) is 2.49. The molecule has 1 fully saturated rings. The summed E-state index contributed by atoms with van der Waals surface area (Å²) in [5, 5.41) is 11.7. The molecule has 1 rings (SSSR count). The van der Waals surface area contributed by atoms with Gasteiger partial charge >= 0.3 is 16.3 Å². The van der Waals surface area contributed by atoms with Gasteiger partial charge in [-0.25, -0.2) is 9.52 Å². The molecule has 0 aromatic rings. The zero-order chi connectivity index (χ0) is 12.2. The van der Waals surface area contributed by atoms with Crippen LogP contribution < -0.4 is 10.0 Å². The van der Waals surface area contributed by atoms with Crippen LogP contribution in [0.25, 0.3) is 0 Å². The van der Waals surface area contributed by atoms with E-state index in [2.05, 4.69) is 10.1 Å². The third-order valence-electron chi connectivity index (χ3n) is 2.05. The van der Waals surface area contributed by atoms with Crippen molar-refractivity contribution in [2.24, 2.45) is 0 Å². The highest BCUT2D eigenvalue weighted by atomic mass is 32.2. The van der Waals surface area contributed by atoms with Gasteiger partial charge in [-0.05, 0) is 0 Å². The molecule has 1 unspecified atom stereocenters. The Hall–Kier alpha value is -1.37. The molecule has 8 nitrogen and oxygen atoms in total. The first kappa shape index (κ1) is 12.7. The second-order valence-electron chi connectivity index (χ2n) is 3.06. The molecule has 0 saturated carbocycles. The van der Waals surface area contributed by atoms with E-state index in [4.69, 9.17) is 5.26 Å². The summed E-state index contributed by atoms with van der Waals surface area (Å²) in [4.78, 5) is 10.8. The summed E-state index contributed by atoms with van der Waals surface area (Å²) >= 11 is 0. The molecule has 1 aliphatic rings. The van der Waals surface area contributed by atoms with Crippen LogP contribution in [0.1, 0.15) is 0 Å². The largest absolute Gasteiger partial charge is 0.452 e. The van der Waals surface area contributed by atoms with Crippen LogP contribution in [-0.4, -0.2) is 51.6 Å². The van der Waals surface area contributed by atoms with Crippen LogP contribution in [-0.2, 0) is 14.9 Å². The van der Waals surface area contributed by atoms with Crippen molar-refractivity contribution >= 4 is 16.3 Å². The molecule has 0 spiro atoms. The number of piperazine rings is 1. The van der Waals surface area contributed by atoms with Gasteiger partial charge in [0, 0.05) is 19.6 Å². The number of nitrogens with zero attached hydrogens (tertiary/aromatic N) is 2. The zero-order valence-corrected chi connectivity index (χ0v) is 9.45. The van der Waals surface area contributed by atoms with Crippen LogP contribution in [0.3, 0.4) is 0 Å². The lowest BCUT2D eigenvalue weighted by Gasteiger charge is -2.30. The van der Waals surface area contributed by atoms with Crippen molar-refractivity contribution in [1.82, 2.24) is 14.3 Å². The van der Waals surface area contributed by atoms with Crippen molar-refractivity contribution in [3.63, 3.8) is 0 Å². The number of carbonyl (C=O) groups is 1. The van der Waals surface area contributed by atoms with Gasteiger partial charge in [0.2, 0.25) is 0 Å². The molecular formula is C7H12N4O4S. The molecule has 90 valence electrons.